The third-order valence-electron chi connectivity index (χ3n) is 3.71. The Hall–Kier alpha value is -1.65. The van der Waals surface area contributed by atoms with Gasteiger partial charge in [0.25, 0.3) is 0 Å². The van der Waals surface area contributed by atoms with Crippen LogP contribution < -0.4 is 0 Å². The molecule has 2 N–H and O–H groups in total. The van der Waals surface area contributed by atoms with Gasteiger partial charge in [-0.25, -0.2) is 4.79 Å². The Morgan fingerprint density at radius 1 is 1.40 bits per heavy atom. The molecule has 1 aromatic rings. The summed E-state index contributed by atoms with van der Waals surface area (Å²) in [5, 5.41) is 19.8. The standard InChI is InChI=1S/C16H20O4/c1-11-7-8-13(17)9-14(11)15(18)10-20-16(19)12-5-3-2-4-6-12/h2-6,13-15,17-18H,1,7-10H2/t13-,14?,15+/m0/s1. The fourth-order valence-electron chi connectivity index (χ4n) is 2.48. The lowest BCUT2D eigenvalue weighted by Gasteiger charge is -2.31. The van der Waals surface area contributed by atoms with Crippen molar-refractivity contribution in [2.24, 2.45) is 5.92 Å². The molecule has 1 aliphatic rings. The summed E-state index contributed by atoms with van der Waals surface area (Å²) < 4.78 is 5.11. The lowest BCUT2D eigenvalue weighted by molar-refractivity contribution is -0.00110. The Kier molecular flexibility index (Phi) is 4.93. The lowest BCUT2D eigenvalue weighted by atomic mass is 9.80. The molecule has 0 aliphatic heterocycles. The Morgan fingerprint density at radius 2 is 2.10 bits per heavy atom. The van der Waals surface area contributed by atoms with Crippen LogP contribution in [0, 0.1) is 5.92 Å². The number of ether oxygens (including phenoxy) is 1. The van der Waals surface area contributed by atoms with E-state index in [1.54, 1.807) is 24.3 Å². The number of esters is 1. The van der Waals surface area contributed by atoms with E-state index >= 15 is 0 Å². The Balaban J connectivity index is 1.87. The SMILES string of the molecule is C=C1CC[C@H](O)CC1[C@H](O)COC(=O)c1ccccc1. The second-order valence-electron chi connectivity index (χ2n) is 5.22. The average molecular weight is 276 g/mol. The average Bonchev–Trinajstić information content (AvgIpc) is 2.47. The topological polar surface area (TPSA) is 66.8 Å². The van der Waals surface area contributed by atoms with Crippen molar-refractivity contribution < 1.29 is 19.7 Å². The number of hydrogen-bond donors (Lipinski definition) is 2. The van der Waals surface area contributed by atoms with Crippen molar-refractivity contribution in [1.29, 1.82) is 0 Å². The van der Waals surface area contributed by atoms with Crippen molar-refractivity contribution >= 4 is 5.97 Å². The molecule has 0 heterocycles. The van der Waals surface area contributed by atoms with Gasteiger partial charge in [-0.1, -0.05) is 30.4 Å². The summed E-state index contributed by atoms with van der Waals surface area (Å²) >= 11 is 0. The maximum absolute atomic E-state index is 11.8. The Labute approximate surface area is 118 Å². The molecule has 1 fully saturated rings. The molecule has 2 rings (SSSR count). The van der Waals surface area contributed by atoms with Crippen molar-refractivity contribution in [2.75, 3.05) is 6.61 Å². The molecule has 108 valence electrons. The van der Waals surface area contributed by atoms with E-state index in [1.807, 2.05) is 6.07 Å². The molecule has 20 heavy (non-hydrogen) atoms. The highest BCUT2D eigenvalue weighted by Gasteiger charge is 2.29. The second-order valence-corrected chi connectivity index (χ2v) is 5.22. The van der Waals surface area contributed by atoms with Gasteiger partial charge in [-0.15, -0.1) is 0 Å². The van der Waals surface area contributed by atoms with E-state index < -0.39 is 18.2 Å². The quantitative estimate of drug-likeness (QED) is 0.651. The zero-order valence-electron chi connectivity index (χ0n) is 11.4. The highest BCUT2D eigenvalue weighted by Crippen LogP contribution is 2.31. The third kappa shape index (κ3) is 3.68. The number of hydrogen-bond acceptors (Lipinski definition) is 4. The Bertz CT molecular complexity index is 469. The van der Waals surface area contributed by atoms with Gasteiger partial charge < -0.3 is 14.9 Å². The highest BCUT2D eigenvalue weighted by atomic mass is 16.5. The first kappa shape index (κ1) is 14.8. The molecule has 4 nitrogen and oxygen atoms in total. The fourth-order valence-corrected chi connectivity index (χ4v) is 2.48. The number of benzene rings is 1. The van der Waals surface area contributed by atoms with Gasteiger partial charge in [0.1, 0.15) is 6.61 Å². The molecule has 0 amide bonds. The normalized spacial score (nSPS) is 24.2. The third-order valence-corrected chi connectivity index (χ3v) is 3.71. The minimum absolute atomic E-state index is 0.0792. The highest BCUT2D eigenvalue weighted by molar-refractivity contribution is 5.89. The van der Waals surface area contributed by atoms with E-state index in [-0.39, 0.29) is 12.5 Å². The maximum Gasteiger partial charge on any atom is 0.338 e. The summed E-state index contributed by atoms with van der Waals surface area (Å²) in [4.78, 5) is 11.8. The first-order valence-corrected chi connectivity index (χ1v) is 6.84. The molecule has 0 bridgehead atoms. The van der Waals surface area contributed by atoms with Gasteiger partial charge in [-0.3, -0.25) is 0 Å². The zero-order valence-corrected chi connectivity index (χ0v) is 11.4. The van der Waals surface area contributed by atoms with Crippen molar-refractivity contribution in [1.82, 2.24) is 0 Å². The number of carbonyl (C=O) groups excluding carboxylic acids is 1. The predicted octanol–water partition coefficient (Wildman–Crippen LogP) is 1.92. The Morgan fingerprint density at radius 3 is 2.80 bits per heavy atom. The zero-order chi connectivity index (χ0) is 14.5. The molecule has 0 radical (unpaired) electrons. The van der Waals surface area contributed by atoms with Crippen LogP contribution in [-0.2, 0) is 4.74 Å². The van der Waals surface area contributed by atoms with E-state index in [0.29, 0.717) is 24.8 Å². The van der Waals surface area contributed by atoms with Crippen molar-refractivity contribution in [3.8, 4) is 0 Å². The van der Waals surface area contributed by atoms with Crippen LogP contribution in [-0.4, -0.2) is 35.0 Å². The minimum atomic E-state index is -0.815. The van der Waals surface area contributed by atoms with Crippen molar-refractivity contribution in [3.63, 3.8) is 0 Å². The molecule has 3 atom stereocenters. The van der Waals surface area contributed by atoms with E-state index in [2.05, 4.69) is 6.58 Å². The lowest BCUT2D eigenvalue weighted by Crippen LogP contribution is -2.34. The molecule has 0 spiro atoms. The van der Waals surface area contributed by atoms with Crippen LogP contribution >= 0.6 is 0 Å². The van der Waals surface area contributed by atoms with Crippen LogP contribution in [0.3, 0.4) is 0 Å². The molecule has 1 aliphatic carbocycles. The van der Waals surface area contributed by atoms with Crippen LogP contribution in [0.4, 0.5) is 0 Å². The van der Waals surface area contributed by atoms with Crippen molar-refractivity contribution in [2.45, 2.75) is 31.5 Å². The van der Waals surface area contributed by atoms with Gasteiger partial charge in [-0.05, 0) is 31.4 Å². The fraction of sp³-hybridized carbons (Fsp3) is 0.438. The molecule has 0 aromatic heterocycles. The number of aliphatic hydroxyl groups excluding tert-OH is 2. The monoisotopic (exact) mass is 276 g/mol. The molecular weight excluding hydrogens is 256 g/mol. The van der Waals surface area contributed by atoms with Crippen molar-refractivity contribution in [3.05, 3.63) is 48.0 Å². The molecule has 1 unspecified atom stereocenters. The van der Waals surface area contributed by atoms with Gasteiger partial charge in [0, 0.05) is 5.92 Å². The molecule has 1 saturated carbocycles. The maximum atomic E-state index is 11.8. The summed E-state index contributed by atoms with van der Waals surface area (Å²) in [6.45, 7) is 3.85. The predicted molar refractivity (Wildman–Crippen MR) is 75.2 cm³/mol. The van der Waals surface area contributed by atoms with Gasteiger partial charge in [-0.2, -0.15) is 0 Å². The summed E-state index contributed by atoms with van der Waals surface area (Å²) in [6, 6.07) is 8.66. The summed E-state index contributed by atoms with van der Waals surface area (Å²) in [5.74, 6) is -0.658. The summed E-state index contributed by atoms with van der Waals surface area (Å²) in [7, 11) is 0. The van der Waals surface area contributed by atoms with E-state index in [0.717, 1.165) is 5.57 Å². The van der Waals surface area contributed by atoms with Crippen LogP contribution in [0.2, 0.25) is 0 Å². The minimum Gasteiger partial charge on any atom is -0.459 e. The first-order valence-electron chi connectivity index (χ1n) is 6.84. The smallest absolute Gasteiger partial charge is 0.338 e. The number of rotatable bonds is 4. The second kappa shape index (κ2) is 6.68. The van der Waals surface area contributed by atoms with Gasteiger partial charge in [0.2, 0.25) is 0 Å². The van der Waals surface area contributed by atoms with Gasteiger partial charge in [0.05, 0.1) is 17.8 Å². The summed E-state index contributed by atoms with van der Waals surface area (Å²) in [5.41, 5.74) is 1.38. The van der Waals surface area contributed by atoms with Crippen LogP contribution in [0.15, 0.2) is 42.5 Å². The molecule has 1 aromatic carbocycles. The largest absolute Gasteiger partial charge is 0.459 e. The first-order chi connectivity index (χ1) is 9.58. The van der Waals surface area contributed by atoms with Crippen LogP contribution in [0.25, 0.3) is 0 Å². The van der Waals surface area contributed by atoms with Gasteiger partial charge >= 0.3 is 5.97 Å². The number of aliphatic hydroxyl groups is 2. The summed E-state index contributed by atoms with van der Waals surface area (Å²) in [6.07, 6.45) is 0.639. The molecule has 0 saturated heterocycles. The van der Waals surface area contributed by atoms with E-state index in [4.69, 9.17) is 4.74 Å². The van der Waals surface area contributed by atoms with E-state index in [1.165, 1.54) is 0 Å². The number of carbonyl (C=O) groups is 1. The van der Waals surface area contributed by atoms with Gasteiger partial charge in [0.15, 0.2) is 0 Å². The van der Waals surface area contributed by atoms with Crippen LogP contribution in [0.1, 0.15) is 29.6 Å². The van der Waals surface area contributed by atoms with Crippen LogP contribution in [0.5, 0.6) is 0 Å². The molecular formula is C16H20O4. The van der Waals surface area contributed by atoms with E-state index in [9.17, 15) is 15.0 Å². The molecule has 4 heteroatoms.